The number of rotatable bonds is 3. The second kappa shape index (κ2) is 4.00. The van der Waals surface area contributed by atoms with Crippen molar-refractivity contribution in [2.45, 2.75) is 26.4 Å². The Balaban J connectivity index is 1.88. The van der Waals surface area contributed by atoms with Gasteiger partial charge < -0.3 is 10.6 Å². The van der Waals surface area contributed by atoms with Crippen molar-refractivity contribution in [2.75, 3.05) is 18.4 Å². The maximum atomic E-state index is 4.26. The highest BCUT2D eigenvalue weighted by molar-refractivity contribution is 5.35. The SMILES string of the molecule is CC(C)NCC1CNc2ccnn2C1. The van der Waals surface area contributed by atoms with Gasteiger partial charge in [0.25, 0.3) is 0 Å². The molecule has 2 N–H and O–H groups in total. The van der Waals surface area contributed by atoms with Crippen molar-refractivity contribution in [3.63, 3.8) is 0 Å². The summed E-state index contributed by atoms with van der Waals surface area (Å²) < 4.78 is 2.04. The maximum absolute atomic E-state index is 4.26. The number of hydrogen-bond donors (Lipinski definition) is 2. The molecule has 78 valence electrons. The average molecular weight is 194 g/mol. The second-order valence-corrected chi connectivity index (χ2v) is 4.21. The van der Waals surface area contributed by atoms with E-state index in [9.17, 15) is 0 Å². The summed E-state index contributed by atoms with van der Waals surface area (Å²) in [6.07, 6.45) is 1.85. The quantitative estimate of drug-likeness (QED) is 0.752. The zero-order chi connectivity index (χ0) is 9.97. The normalized spacial score (nSPS) is 20.6. The van der Waals surface area contributed by atoms with Crippen LogP contribution in [0.2, 0.25) is 0 Å². The molecular weight excluding hydrogens is 176 g/mol. The van der Waals surface area contributed by atoms with Crippen LogP contribution in [0.15, 0.2) is 12.3 Å². The molecule has 14 heavy (non-hydrogen) atoms. The third-order valence-electron chi connectivity index (χ3n) is 2.53. The number of hydrogen-bond acceptors (Lipinski definition) is 3. The summed E-state index contributed by atoms with van der Waals surface area (Å²) in [4.78, 5) is 0. The molecule has 1 aliphatic heterocycles. The van der Waals surface area contributed by atoms with E-state index in [4.69, 9.17) is 0 Å². The molecule has 0 radical (unpaired) electrons. The lowest BCUT2D eigenvalue weighted by Crippen LogP contribution is -2.37. The Bertz CT molecular complexity index is 292. The van der Waals surface area contributed by atoms with Crippen LogP contribution in [0.5, 0.6) is 0 Å². The van der Waals surface area contributed by atoms with Gasteiger partial charge in [0, 0.05) is 37.7 Å². The largest absolute Gasteiger partial charge is 0.370 e. The van der Waals surface area contributed by atoms with Gasteiger partial charge in [-0.2, -0.15) is 5.10 Å². The Kier molecular flexibility index (Phi) is 2.72. The van der Waals surface area contributed by atoms with Crippen LogP contribution in [-0.4, -0.2) is 28.9 Å². The van der Waals surface area contributed by atoms with Crippen LogP contribution in [0.1, 0.15) is 13.8 Å². The molecule has 1 aromatic rings. The van der Waals surface area contributed by atoms with Crippen LogP contribution in [0.3, 0.4) is 0 Å². The van der Waals surface area contributed by atoms with Gasteiger partial charge in [-0.1, -0.05) is 13.8 Å². The Morgan fingerprint density at radius 1 is 1.71 bits per heavy atom. The van der Waals surface area contributed by atoms with Crippen molar-refractivity contribution in [3.8, 4) is 0 Å². The first kappa shape index (κ1) is 9.52. The average Bonchev–Trinajstić information content (AvgIpc) is 2.61. The lowest BCUT2D eigenvalue weighted by Gasteiger charge is -2.25. The van der Waals surface area contributed by atoms with Crippen molar-refractivity contribution in [1.29, 1.82) is 0 Å². The van der Waals surface area contributed by atoms with E-state index in [0.29, 0.717) is 12.0 Å². The van der Waals surface area contributed by atoms with Crippen LogP contribution in [0, 0.1) is 5.92 Å². The number of fused-ring (bicyclic) bond motifs is 1. The summed E-state index contributed by atoms with van der Waals surface area (Å²) in [6, 6.07) is 2.58. The third-order valence-corrected chi connectivity index (χ3v) is 2.53. The first-order valence-corrected chi connectivity index (χ1v) is 5.25. The minimum atomic E-state index is 0.564. The van der Waals surface area contributed by atoms with E-state index in [1.54, 1.807) is 0 Å². The summed E-state index contributed by atoms with van der Waals surface area (Å²) in [5, 5.41) is 11.1. The van der Waals surface area contributed by atoms with E-state index >= 15 is 0 Å². The lowest BCUT2D eigenvalue weighted by molar-refractivity contribution is 0.379. The molecule has 4 nitrogen and oxygen atoms in total. The molecular formula is C10H18N4. The van der Waals surface area contributed by atoms with Gasteiger partial charge in [-0.3, -0.25) is 0 Å². The predicted octanol–water partition coefficient (Wildman–Crippen LogP) is 0.923. The fourth-order valence-electron chi connectivity index (χ4n) is 1.73. The molecule has 0 saturated heterocycles. The number of nitrogens with zero attached hydrogens (tertiary/aromatic N) is 2. The minimum Gasteiger partial charge on any atom is -0.370 e. The molecule has 2 rings (SSSR count). The lowest BCUT2D eigenvalue weighted by atomic mass is 10.1. The molecule has 1 aromatic heterocycles. The van der Waals surface area contributed by atoms with E-state index in [-0.39, 0.29) is 0 Å². The molecule has 1 aliphatic rings. The Labute approximate surface area is 84.7 Å². The van der Waals surface area contributed by atoms with Gasteiger partial charge >= 0.3 is 0 Å². The van der Waals surface area contributed by atoms with Crippen molar-refractivity contribution in [3.05, 3.63) is 12.3 Å². The Morgan fingerprint density at radius 3 is 3.36 bits per heavy atom. The molecule has 0 spiro atoms. The molecule has 0 fully saturated rings. The fourth-order valence-corrected chi connectivity index (χ4v) is 1.73. The topological polar surface area (TPSA) is 41.9 Å². The Morgan fingerprint density at radius 2 is 2.57 bits per heavy atom. The summed E-state index contributed by atoms with van der Waals surface area (Å²) >= 11 is 0. The van der Waals surface area contributed by atoms with E-state index in [2.05, 4.69) is 29.6 Å². The van der Waals surface area contributed by atoms with Crippen LogP contribution in [-0.2, 0) is 6.54 Å². The first-order valence-electron chi connectivity index (χ1n) is 5.25. The standard InChI is InChI=1S/C10H18N4/c1-8(2)11-5-9-6-12-10-3-4-13-14(10)7-9/h3-4,8-9,11-12H,5-7H2,1-2H3. The van der Waals surface area contributed by atoms with Crippen LogP contribution >= 0.6 is 0 Å². The highest BCUT2D eigenvalue weighted by Crippen LogP contribution is 2.15. The molecule has 4 heteroatoms. The molecule has 1 atom stereocenters. The molecule has 0 bridgehead atoms. The van der Waals surface area contributed by atoms with Gasteiger partial charge in [0.05, 0.1) is 6.20 Å². The summed E-state index contributed by atoms with van der Waals surface area (Å²) in [5.74, 6) is 1.79. The van der Waals surface area contributed by atoms with Crippen LogP contribution in [0.25, 0.3) is 0 Å². The number of nitrogens with one attached hydrogen (secondary N) is 2. The van der Waals surface area contributed by atoms with Gasteiger partial charge in [-0.25, -0.2) is 4.68 Å². The Hall–Kier alpha value is -1.03. The van der Waals surface area contributed by atoms with Crippen LogP contribution < -0.4 is 10.6 Å². The smallest absolute Gasteiger partial charge is 0.124 e. The van der Waals surface area contributed by atoms with Gasteiger partial charge in [0.2, 0.25) is 0 Å². The maximum Gasteiger partial charge on any atom is 0.124 e. The molecule has 0 aliphatic carbocycles. The van der Waals surface area contributed by atoms with Crippen molar-refractivity contribution >= 4 is 5.82 Å². The highest BCUT2D eigenvalue weighted by Gasteiger charge is 2.17. The monoisotopic (exact) mass is 194 g/mol. The van der Waals surface area contributed by atoms with Crippen LogP contribution in [0.4, 0.5) is 5.82 Å². The van der Waals surface area contributed by atoms with E-state index < -0.39 is 0 Å². The summed E-state index contributed by atoms with van der Waals surface area (Å²) in [7, 11) is 0. The minimum absolute atomic E-state index is 0.564. The third kappa shape index (κ3) is 2.07. The van der Waals surface area contributed by atoms with E-state index in [1.165, 1.54) is 0 Å². The van der Waals surface area contributed by atoms with Gasteiger partial charge in [0.15, 0.2) is 0 Å². The van der Waals surface area contributed by atoms with Crippen molar-refractivity contribution < 1.29 is 0 Å². The van der Waals surface area contributed by atoms with Gasteiger partial charge in [-0.15, -0.1) is 0 Å². The number of aromatic nitrogens is 2. The van der Waals surface area contributed by atoms with Crippen molar-refractivity contribution in [2.24, 2.45) is 5.92 Å². The fraction of sp³-hybridized carbons (Fsp3) is 0.700. The molecule has 1 unspecified atom stereocenters. The molecule has 0 saturated carbocycles. The molecule has 2 heterocycles. The second-order valence-electron chi connectivity index (χ2n) is 4.21. The van der Waals surface area contributed by atoms with Gasteiger partial charge in [0.1, 0.15) is 5.82 Å². The van der Waals surface area contributed by atoms with Crippen molar-refractivity contribution in [1.82, 2.24) is 15.1 Å². The van der Waals surface area contributed by atoms with E-state index in [0.717, 1.165) is 25.5 Å². The summed E-state index contributed by atoms with van der Waals surface area (Å²) in [6.45, 7) is 7.48. The first-order chi connectivity index (χ1) is 6.75. The highest BCUT2D eigenvalue weighted by atomic mass is 15.3. The summed E-state index contributed by atoms with van der Waals surface area (Å²) in [5.41, 5.74) is 0. The zero-order valence-corrected chi connectivity index (χ0v) is 8.83. The molecule has 0 amide bonds. The van der Waals surface area contributed by atoms with E-state index in [1.807, 2.05) is 16.9 Å². The van der Waals surface area contributed by atoms with Gasteiger partial charge in [-0.05, 0) is 0 Å². The predicted molar refractivity (Wildman–Crippen MR) is 57.3 cm³/mol. The zero-order valence-electron chi connectivity index (χ0n) is 8.83. The number of anilines is 1. The molecule has 0 aromatic carbocycles.